The number of anilines is 1. The van der Waals surface area contributed by atoms with Crippen LogP contribution in [0.15, 0.2) is 42.5 Å². The molecular formula is C28H32BFN6O2. The van der Waals surface area contributed by atoms with Crippen molar-refractivity contribution in [2.24, 2.45) is 0 Å². The first-order valence-corrected chi connectivity index (χ1v) is 12.7. The lowest BCUT2D eigenvalue weighted by Gasteiger charge is -2.14. The molecule has 196 valence electrons. The number of nitriles is 1. The van der Waals surface area contributed by atoms with Gasteiger partial charge in [-0.3, -0.25) is 0 Å². The molecule has 0 aliphatic heterocycles. The summed E-state index contributed by atoms with van der Waals surface area (Å²) in [5, 5.41) is 17.3. The standard InChI is InChI=1S/C28H32BFN6O2/c1-18(29(3)17-31)8-6-11-25-33-27-19(2)26(20-9-7-10-22(30)14-20)34-28(36(27)35-25)32-16-21-12-13-23(37-4)15-24(21)38-5/h7,9-10,12-15,18H,6,8,11,16H2,1-5H3,(H,32,34)/t18-/m0/s1. The zero-order valence-electron chi connectivity index (χ0n) is 22.5. The summed E-state index contributed by atoms with van der Waals surface area (Å²) >= 11 is 0. The molecule has 0 amide bonds. The molecule has 0 fully saturated rings. The van der Waals surface area contributed by atoms with Crippen LogP contribution in [-0.2, 0) is 13.0 Å². The summed E-state index contributed by atoms with van der Waals surface area (Å²) in [6.45, 7) is 6.40. The van der Waals surface area contributed by atoms with Crippen LogP contribution in [0.1, 0.15) is 36.7 Å². The largest absolute Gasteiger partial charge is 0.497 e. The van der Waals surface area contributed by atoms with E-state index in [1.54, 1.807) is 24.8 Å². The first-order valence-electron chi connectivity index (χ1n) is 12.7. The molecule has 0 bridgehead atoms. The van der Waals surface area contributed by atoms with E-state index in [1.807, 2.05) is 38.0 Å². The molecule has 1 N–H and O–H groups in total. The molecule has 4 aromatic rings. The van der Waals surface area contributed by atoms with Gasteiger partial charge in [-0.05, 0) is 37.6 Å². The van der Waals surface area contributed by atoms with E-state index in [2.05, 4.69) is 18.2 Å². The SMILES string of the molecule is COc1ccc(CNc2nc(-c3cccc(F)c3)c(C)c3nc(CCC[C@H](C)B(C)C#N)nn23)c(OC)c1. The van der Waals surface area contributed by atoms with Crippen LogP contribution in [0.4, 0.5) is 10.3 Å². The van der Waals surface area contributed by atoms with Crippen molar-refractivity contribution in [3.63, 3.8) is 0 Å². The highest BCUT2D eigenvalue weighted by atomic mass is 19.1. The van der Waals surface area contributed by atoms with Gasteiger partial charge < -0.3 is 14.8 Å². The first-order chi connectivity index (χ1) is 18.3. The Labute approximate surface area is 222 Å². The number of fused-ring (bicyclic) bond motifs is 1. The van der Waals surface area contributed by atoms with Crippen molar-refractivity contribution in [2.45, 2.75) is 52.3 Å². The number of aromatic nitrogens is 4. The van der Waals surface area contributed by atoms with Crippen LogP contribution >= 0.6 is 0 Å². The molecule has 2 heterocycles. The monoisotopic (exact) mass is 514 g/mol. The fourth-order valence-electron chi connectivity index (χ4n) is 4.36. The van der Waals surface area contributed by atoms with Gasteiger partial charge in [0.15, 0.2) is 11.5 Å². The van der Waals surface area contributed by atoms with Crippen molar-refractivity contribution < 1.29 is 13.9 Å². The molecule has 0 aliphatic carbocycles. The van der Waals surface area contributed by atoms with E-state index in [1.165, 1.54) is 12.1 Å². The Kier molecular flexibility index (Phi) is 8.46. The molecular weight excluding hydrogens is 482 g/mol. The topological polar surface area (TPSA) is 97.4 Å². The van der Waals surface area contributed by atoms with E-state index in [-0.39, 0.29) is 12.5 Å². The molecule has 0 spiro atoms. The summed E-state index contributed by atoms with van der Waals surface area (Å²) in [7, 11) is 3.23. The molecule has 4 rings (SSSR count). The van der Waals surface area contributed by atoms with Crippen molar-refractivity contribution in [3.05, 3.63) is 65.2 Å². The smallest absolute Gasteiger partial charge is 0.267 e. The van der Waals surface area contributed by atoms with Gasteiger partial charge in [0.1, 0.15) is 17.3 Å². The van der Waals surface area contributed by atoms with Gasteiger partial charge >= 0.3 is 0 Å². The minimum Gasteiger partial charge on any atom is -0.497 e. The third kappa shape index (κ3) is 5.88. The van der Waals surface area contributed by atoms with Crippen molar-refractivity contribution in [3.8, 4) is 28.7 Å². The zero-order valence-corrected chi connectivity index (χ0v) is 22.5. The Balaban J connectivity index is 1.68. The minimum absolute atomic E-state index is 0.00930. The number of benzene rings is 2. The predicted molar refractivity (Wildman–Crippen MR) is 147 cm³/mol. The van der Waals surface area contributed by atoms with E-state index in [9.17, 15) is 9.65 Å². The van der Waals surface area contributed by atoms with E-state index in [4.69, 9.17) is 24.5 Å². The predicted octanol–water partition coefficient (Wildman–Crippen LogP) is 5.77. The Hall–Kier alpha value is -4.13. The Morgan fingerprint density at radius 1 is 1.16 bits per heavy atom. The zero-order chi connectivity index (χ0) is 27.2. The van der Waals surface area contributed by atoms with Gasteiger partial charge in [-0.2, -0.15) is 4.52 Å². The van der Waals surface area contributed by atoms with Gasteiger partial charge in [-0.1, -0.05) is 38.1 Å². The Bertz CT molecular complexity index is 1470. The molecule has 8 nitrogen and oxygen atoms in total. The van der Waals surface area contributed by atoms with Gasteiger partial charge in [0, 0.05) is 41.7 Å². The molecule has 0 radical (unpaired) electrons. The number of hydrogen-bond donors (Lipinski definition) is 1. The summed E-state index contributed by atoms with van der Waals surface area (Å²) in [6, 6.07) is 12.0. The highest BCUT2D eigenvalue weighted by molar-refractivity contribution is 6.66. The van der Waals surface area contributed by atoms with E-state index >= 15 is 0 Å². The number of rotatable bonds is 11. The normalized spacial score (nSPS) is 11.7. The second-order valence-corrected chi connectivity index (χ2v) is 9.50. The van der Waals surface area contributed by atoms with Crippen LogP contribution in [0.25, 0.3) is 16.9 Å². The molecule has 1 atom stereocenters. The van der Waals surface area contributed by atoms with Crippen LogP contribution < -0.4 is 14.8 Å². The summed E-state index contributed by atoms with van der Waals surface area (Å²) in [5.41, 5.74) is 3.69. The molecule has 38 heavy (non-hydrogen) atoms. The number of methoxy groups -OCH3 is 2. The Morgan fingerprint density at radius 3 is 2.68 bits per heavy atom. The van der Waals surface area contributed by atoms with Crippen molar-refractivity contribution in [2.75, 3.05) is 19.5 Å². The third-order valence-corrected chi connectivity index (χ3v) is 6.91. The van der Waals surface area contributed by atoms with Gasteiger partial charge in [0.2, 0.25) is 5.95 Å². The summed E-state index contributed by atoms with van der Waals surface area (Å²) in [6.07, 6.45) is 2.47. The van der Waals surface area contributed by atoms with E-state index in [0.717, 1.165) is 24.0 Å². The maximum absolute atomic E-state index is 14.1. The Morgan fingerprint density at radius 2 is 1.97 bits per heavy atom. The molecule has 10 heteroatoms. The quantitative estimate of drug-likeness (QED) is 0.254. The highest BCUT2D eigenvalue weighted by Crippen LogP contribution is 2.29. The molecule has 2 aromatic carbocycles. The number of hydrogen-bond acceptors (Lipinski definition) is 7. The number of ether oxygens (including phenoxy) is 2. The van der Waals surface area contributed by atoms with Gasteiger partial charge in [0.25, 0.3) is 6.71 Å². The third-order valence-electron chi connectivity index (χ3n) is 6.91. The second-order valence-electron chi connectivity index (χ2n) is 9.50. The molecule has 0 aliphatic rings. The fraction of sp³-hybridized carbons (Fsp3) is 0.357. The molecule has 0 saturated heterocycles. The second kappa shape index (κ2) is 11.9. The average Bonchev–Trinajstić information content (AvgIpc) is 3.37. The number of nitrogens with zero attached hydrogens (tertiary/aromatic N) is 5. The van der Waals surface area contributed by atoms with Gasteiger partial charge in [0.05, 0.1) is 19.9 Å². The summed E-state index contributed by atoms with van der Waals surface area (Å²) < 4.78 is 26.6. The minimum atomic E-state index is -0.330. The maximum atomic E-state index is 14.1. The van der Waals surface area contributed by atoms with E-state index in [0.29, 0.717) is 59.0 Å². The number of nitrogens with one attached hydrogen (secondary N) is 1. The highest BCUT2D eigenvalue weighted by Gasteiger charge is 2.19. The van der Waals surface area contributed by atoms with Gasteiger partial charge in [-0.15, -0.1) is 5.10 Å². The van der Waals surface area contributed by atoms with Crippen LogP contribution in [0.5, 0.6) is 11.5 Å². The lowest BCUT2D eigenvalue weighted by atomic mass is 9.44. The van der Waals surface area contributed by atoms with Crippen molar-refractivity contribution in [1.82, 2.24) is 19.6 Å². The van der Waals surface area contributed by atoms with Crippen molar-refractivity contribution >= 4 is 18.3 Å². The number of aryl methyl sites for hydroxylation is 2. The van der Waals surface area contributed by atoms with Crippen LogP contribution in [0, 0.1) is 24.0 Å². The summed E-state index contributed by atoms with van der Waals surface area (Å²) in [5.74, 6) is 4.88. The lowest BCUT2D eigenvalue weighted by Crippen LogP contribution is -2.12. The van der Waals surface area contributed by atoms with Gasteiger partial charge in [-0.25, -0.2) is 19.6 Å². The number of halogens is 1. The summed E-state index contributed by atoms with van der Waals surface area (Å²) in [4.78, 5) is 9.68. The van der Waals surface area contributed by atoms with Crippen LogP contribution in [-0.4, -0.2) is 40.5 Å². The average molecular weight is 514 g/mol. The van der Waals surface area contributed by atoms with Crippen LogP contribution in [0.2, 0.25) is 12.6 Å². The van der Waals surface area contributed by atoms with Crippen molar-refractivity contribution in [1.29, 1.82) is 5.26 Å². The lowest BCUT2D eigenvalue weighted by molar-refractivity contribution is 0.391. The maximum Gasteiger partial charge on any atom is 0.267 e. The fourth-order valence-corrected chi connectivity index (χ4v) is 4.36. The first kappa shape index (κ1) is 26.9. The van der Waals surface area contributed by atoms with E-state index < -0.39 is 0 Å². The molecule has 0 unspecified atom stereocenters. The molecule has 2 aromatic heterocycles. The van der Waals surface area contributed by atoms with Crippen LogP contribution in [0.3, 0.4) is 0 Å². The molecule has 0 saturated carbocycles.